The molecule has 0 aliphatic carbocycles. The van der Waals surface area contributed by atoms with Crippen LogP contribution in [0.3, 0.4) is 0 Å². The van der Waals surface area contributed by atoms with Crippen molar-refractivity contribution >= 4 is 27.3 Å². The van der Waals surface area contributed by atoms with Crippen LogP contribution < -0.4 is 19.5 Å². The second-order valence-electron chi connectivity index (χ2n) is 5.98. The molecular weight excluding hydrogens is 392 g/mol. The first-order valence-electron chi connectivity index (χ1n) is 8.65. The van der Waals surface area contributed by atoms with Crippen molar-refractivity contribution in [2.24, 2.45) is 0 Å². The summed E-state index contributed by atoms with van der Waals surface area (Å²) in [5, 5.41) is 2.73. The normalized spacial score (nSPS) is 10.8. The Morgan fingerprint density at radius 3 is 2.03 bits per heavy atom. The van der Waals surface area contributed by atoms with Crippen LogP contribution in [0.1, 0.15) is 10.4 Å². The van der Waals surface area contributed by atoms with Gasteiger partial charge >= 0.3 is 0 Å². The van der Waals surface area contributed by atoms with Gasteiger partial charge in [-0.1, -0.05) is 24.3 Å². The van der Waals surface area contributed by atoms with E-state index in [4.69, 9.17) is 9.47 Å². The Bertz CT molecular complexity index is 1110. The lowest BCUT2D eigenvalue weighted by Crippen LogP contribution is -2.15. The van der Waals surface area contributed by atoms with Crippen LogP contribution in [0.2, 0.25) is 0 Å². The van der Waals surface area contributed by atoms with E-state index in [1.54, 1.807) is 48.5 Å². The van der Waals surface area contributed by atoms with Crippen molar-refractivity contribution in [2.75, 3.05) is 24.3 Å². The summed E-state index contributed by atoms with van der Waals surface area (Å²) >= 11 is 0. The smallest absolute Gasteiger partial charge is 0.262 e. The Morgan fingerprint density at radius 1 is 0.793 bits per heavy atom. The number of methoxy groups -OCH3 is 2. The van der Waals surface area contributed by atoms with Gasteiger partial charge in [-0.25, -0.2) is 8.42 Å². The standard InChI is InChI=1S/C21H20N2O5S/c1-27-19-9-5-3-7-17(19)21(24)22-15-11-13-16(14-12-15)29(25,26)23-18-8-4-6-10-20(18)28-2/h3-14,23H,1-2H3,(H,22,24). The van der Waals surface area contributed by atoms with Gasteiger partial charge in [0.2, 0.25) is 0 Å². The fourth-order valence-corrected chi connectivity index (χ4v) is 3.75. The third-order valence-electron chi connectivity index (χ3n) is 4.13. The average Bonchev–Trinajstić information content (AvgIpc) is 2.74. The van der Waals surface area contributed by atoms with Crippen molar-refractivity contribution in [3.05, 3.63) is 78.4 Å². The Balaban J connectivity index is 1.76. The quantitative estimate of drug-likeness (QED) is 0.616. The first-order chi connectivity index (χ1) is 13.9. The summed E-state index contributed by atoms with van der Waals surface area (Å²) in [5.41, 5.74) is 1.17. The third kappa shape index (κ3) is 4.67. The number of benzene rings is 3. The molecule has 0 aliphatic rings. The molecule has 0 heterocycles. The highest BCUT2D eigenvalue weighted by atomic mass is 32.2. The molecule has 29 heavy (non-hydrogen) atoms. The van der Waals surface area contributed by atoms with Crippen molar-refractivity contribution in [3.8, 4) is 11.5 Å². The molecule has 0 saturated carbocycles. The van der Waals surface area contributed by atoms with E-state index < -0.39 is 10.0 Å². The number of carbonyl (C=O) groups excluding carboxylic acids is 1. The maximum atomic E-state index is 12.6. The van der Waals surface area contributed by atoms with Gasteiger partial charge in [-0.3, -0.25) is 9.52 Å². The van der Waals surface area contributed by atoms with E-state index in [2.05, 4.69) is 10.0 Å². The van der Waals surface area contributed by atoms with Crippen LogP contribution in [0.4, 0.5) is 11.4 Å². The lowest BCUT2D eigenvalue weighted by molar-refractivity contribution is 0.102. The third-order valence-corrected chi connectivity index (χ3v) is 5.51. The minimum absolute atomic E-state index is 0.0543. The molecule has 2 N–H and O–H groups in total. The molecule has 1 amide bonds. The number of sulfonamides is 1. The summed E-state index contributed by atoms with van der Waals surface area (Å²) in [5.74, 6) is 0.507. The van der Waals surface area contributed by atoms with Crippen LogP contribution in [0.25, 0.3) is 0 Å². The van der Waals surface area contributed by atoms with Gasteiger partial charge in [0.15, 0.2) is 0 Å². The first-order valence-corrected chi connectivity index (χ1v) is 10.1. The molecule has 0 aromatic heterocycles. The predicted octanol–water partition coefficient (Wildman–Crippen LogP) is 3.76. The summed E-state index contributed by atoms with van der Waals surface area (Å²) < 4.78 is 38.1. The van der Waals surface area contributed by atoms with E-state index in [0.29, 0.717) is 28.4 Å². The molecule has 0 fully saturated rings. The molecule has 0 bridgehead atoms. The van der Waals surface area contributed by atoms with Crippen LogP contribution in [0, 0.1) is 0 Å². The van der Waals surface area contributed by atoms with Gasteiger partial charge in [-0.15, -0.1) is 0 Å². The van der Waals surface area contributed by atoms with Crippen molar-refractivity contribution in [2.45, 2.75) is 4.90 Å². The number of amides is 1. The summed E-state index contributed by atoms with van der Waals surface area (Å²) in [6.07, 6.45) is 0. The van der Waals surface area contributed by atoms with E-state index >= 15 is 0 Å². The van der Waals surface area contributed by atoms with E-state index in [0.717, 1.165) is 0 Å². The second-order valence-corrected chi connectivity index (χ2v) is 7.67. The van der Waals surface area contributed by atoms with Crippen LogP contribution in [0.5, 0.6) is 11.5 Å². The van der Waals surface area contributed by atoms with Gasteiger partial charge in [0.05, 0.1) is 30.4 Å². The van der Waals surface area contributed by atoms with E-state index in [1.165, 1.54) is 38.5 Å². The van der Waals surface area contributed by atoms with Crippen molar-refractivity contribution in [1.82, 2.24) is 0 Å². The molecule has 0 spiro atoms. The number of hydrogen-bond acceptors (Lipinski definition) is 5. The maximum Gasteiger partial charge on any atom is 0.262 e. The van der Waals surface area contributed by atoms with Gasteiger partial charge in [0.25, 0.3) is 15.9 Å². The maximum absolute atomic E-state index is 12.6. The Labute approximate surface area is 169 Å². The number of carbonyl (C=O) groups is 1. The molecule has 150 valence electrons. The molecule has 3 rings (SSSR count). The zero-order valence-electron chi connectivity index (χ0n) is 15.9. The van der Waals surface area contributed by atoms with E-state index in [9.17, 15) is 13.2 Å². The summed E-state index contributed by atoms with van der Waals surface area (Å²) in [6, 6.07) is 19.4. The average molecular weight is 412 g/mol. The van der Waals surface area contributed by atoms with E-state index in [1.807, 2.05) is 0 Å². The van der Waals surface area contributed by atoms with Gasteiger partial charge in [0, 0.05) is 5.69 Å². The predicted molar refractivity (Wildman–Crippen MR) is 111 cm³/mol. The molecule has 0 saturated heterocycles. The number of para-hydroxylation sites is 3. The fraction of sp³-hybridized carbons (Fsp3) is 0.0952. The van der Waals surface area contributed by atoms with Crippen LogP contribution >= 0.6 is 0 Å². The highest BCUT2D eigenvalue weighted by Gasteiger charge is 2.17. The number of anilines is 2. The lowest BCUT2D eigenvalue weighted by atomic mass is 10.2. The topological polar surface area (TPSA) is 93.7 Å². The molecule has 0 unspecified atom stereocenters. The SMILES string of the molecule is COc1ccccc1NS(=O)(=O)c1ccc(NC(=O)c2ccccc2OC)cc1. The summed E-state index contributed by atoms with van der Waals surface area (Å²) in [4.78, 5) is 12.5. The van der Waals surface area contributed by atoms with Crippen LogP contribution in [-0.2, 0) is 10.0 Å². The largest absolute Gasteiger partial charge is 0.496 e. The minimum Gasteiger partial charge on any atom is -0.496 e. The molecule has 7 nitrogen and oxygen atoms in total. The highest BCUT2D eigenvalue weighted by molar-refractivity contribution is 7.92. The Kier molecular flexibility index (Phi) is 6.04. The van der Waals surface area contributed by atoms with Gasteiger partial charge in [-0.05, 0) is 48.5 Å². The zero-order chi connectivity index (χ0) is 20.9. The molecule has 0 atom stereocenters. The fourth-order valence-electron chi connectivity index (χ4n) is 2.68. The lowest BCUT2D eigenvalue weighted by Gasteiger charge is -2.12. The Morgan fingerprint density at radius 2 is 1.38 bits per heavy atom. The van der Waals surface area contributed by atoms with Crippen molar-refractivity contribution < 1.29 is 22.7 Å². The van der Waals surface area contributed by atoms with E-state index in [-0.39, 0.29) is 10.8 Å². The Hall–Kier alpha value is -3.52. The number of rotatable bonds is 7. The molecule has 3 aromatic carbocycles. The number of nitrogens with one attached hydrogen (secondary N) is 2. The van der Waals surface area contributed by atoms with Gasteiger partial charge < -0.3 is 14.8 Å². The van der Waals surface area contributed by atoms with Crippen LogP contribution in [0.15, 0.2) is 77.7 Å². The molecular formula is C21H20N2O5S. The molecule has 0 radical (unpaired) electrons. The van der Waals surface area contributed by atoms with Crippen LogP contribution in [-0.4, -0.2) is 28.5 Å². The minimum atomic E-state index is -3.82. The molecule has 0 aliphatic heterocycles. The number of ether oxygens (including phenoxy) is 2. The summed E-state index contributed by atoms with van der Waals surface area (Å²) in [6.45, 7) is 0. The first kappa shape index (κ1) is 20.2. The second kappa shape index (κ2) is 8.66. The molecule has 8 heteroatoms. The van der Waals surface area contributed by atoms with Gasteiger partial charge in [0.1, 0.15) is 11.5 Å². The monoisotopic (exact) mass is 412 g/mol. The van der Waals surface area contributed by atoms with Crippen molar-refractivity contribution in [3.63, 3.8) is 0 Å². The molecule has 3 aromatic rings. The number of hydrogen-bond donors (Lipinski definition) is 2. The van der Waals surface area contributed by atoms with Gasteiger partial charge in [-0.2, -0.15) is 0 Å². The highest BCUT2D eigenvalue weighted by Crippen LogP contribution is 2.26. The van der Waals surface area contributed by atoms with Crippen molar-refractivity contribution in [1.29, 1.82) is 0 Å². The zero-order valence-corrected chi connectivity index (χ0v) is 16.7. The summed E-state index contributed by atoms with van der Waals surface area (Å²) in [7, 11) is -0.865.